The van der Waals surface area contributed by atoms with Gasteiger partial charge in [-0.1, -0.05) is 29.0 Å². The molecule has 0 saturated carbocycles. The van der Waals surface area contributed by atoms with Crippen LogP contribution in [0.3, 0.4) is 0 Å². The summed E-state index contributed by atoms with van der Waals surface area (Å²) in [5.41, 5.74) is 0.854. The van der Waals surface area contributed by atoms with Crippen LogP contribution in [0.5, 0.6) is 5.19 Å². The first-order valence-corrected chi connectivity index (χ1v) is 9.49. The summed E-state index contributed by atoms with van der Waals surface area (Å²) in [6.07, 6.45) is 2.15. The summed E-state index contributed by atoms with van der Waals surface area (Å²) < 4.78 is 32.4. The lowest BCUT2D eigenvalue weighted by Crippen LogP contribution is -2.31. The first-order valence-electron chi connectivity index (χ1n) is 6.79. The maximum absolute atomic E-state index is 12.6. The topological polar surface area (TPSA) is 59.5 Å². The molecule has 1 atom stereocenters. The van der Waals surface area contributed by atoms with Crippen LogP contribution in [0.2, 0.25) is 5.02 Å². The van der Waals surface area contributed by atoms with E-state index in [1.165, 1.54) is 21.7 Å². The molecule has 0 N–H and O–H groups in total. The molecule has 1 aromatic carbocycles. The third-order valence-electron chi connectivity index (χ3n) is 3.57. The molecule has 8 heteroatoms. The Kier molecular flexibility index (Phi) is 4.40. The minimum atomic E-state index is -3.54. The molecule has 2 aromatic rings. The molecular weight excluding hydrogens is 344 g/mol. The number of rotatable bonds is 4. The fourth-order valence-corrected chi connectivity index (χ4v) is 4.62. The van der Waals surface area contributed by atoms with Gasteiger partial charge in [0.25, 0.3) is 5.19 Å². The fourth-order valence-electron chi connectivity index (χ4n) is 2.31. The van der Waals surface area contributed by atoms with Crippen molar-refractivity contribution in [3.05, 3.63) is 40.4 Å². The van der Waals surface area contributed by atoms with E-state index in [1.807, 2.05) is 12.3 Å². The molecule has 1 aliphatic rings. The van der Waals surface area contributed by atoms with Crippen LogP contribution in [0.1, 0.15) is 12.0 Å². The van der Waals surface area contributed by atoms with Crippen molar-refractivity contribution in [1.82, 2.24) is 9.29 Å². The molecule has 118 valence electrons. The Morgan fingerprint density at radius 1 is 1.45 bits per heavy atom. The number of hydrogen-bond donors (Lipinski definition) is 0. The Balaban J connectivity index is 1.74. The van der Waals surface area contributed by atoms with Crippen LogP contribution in [0.4, 0.5) is 0 Å². The van der Waals surface area contributed by atoms with Crippen molar-refractivity contribution in [3.63, 3.8) is 0 Å². The van der Waals surface area contributed by atoms with Crippen molar-refractivity contribution in [2.45, 2.75) is 24.3 Å². The van der Waals surface area contributed by atoms with E-state index in [4.69, 9.17) is 16.3 Å². The van der Waals surface area contributed by atoms with Gasteiger partial charge in [-0.05, 0) is 31.0 Å². The summed E-state index contributed by atoms with van der Waals surface area (Å²) in [4.78, 5) is 4.28. The minimum absolute atomic E-state index is 0.165. The molecule has 2 heterocycles. The van der Waals surface area contributed by atoms with Crippen molar-refractivity contribution in [2.75, 3.05) is 13.1 Å². The summed E-state index contributed by atoms with van der Waals surface area (Å²) in [5.74, 6) is 0. The highest BCUT2D eigenvalue weighted by molar-refractivity contribution is 7.89. The fraction of sp³-hybridized carbons (Fsp3) is 0.357. The van der Waals surface area contributed by atoms with Gasteiger partial charge in [0.05, 0.1) is 11.4 Å². The zero-order valence-corrected chi connectivity index (χ0v) is 14.3. The zero-order valence-electron chi connectivity index (χ0n) is 11.9. The Morgan fingerprint density at radius 3 is 2.95 bits per heavy atom. The molecule has 1 aromatic heterocycles. The predicted octanol–water partition coefficient (Wildman–Crippen LogP) is 2.95. The molecule has 1 unspecified atom stereocenters. The molecule has 3 rings (SSSR count). The number of thiazole rings is 1. The summed E-state index contributed by atoms with van der Waals surface area (Å²) in [6, 6.07) is 4.81. The molecule has 22 heavy (non-hydrogen) atoms. The predicted molar refractivity (Wildman–Crippen MR) is 86.1 cm³/mol. The lowest BCUT2D eigenvalue weighted by molar-refractivity contribution is 0.214. The van der Waals surface area contributed by atoms with Gasteiger partial charge >= 0.3 is 0 Å². The summed E-state index contributed by atoms with van der Waals surface area (Å²) in [7, 11) is -3.54. The standard InChI is InChI=1S/C14H15ClN2O3S2/c1-10-2-3-12(8-13(10)15)22(18,19)17-6-4-11(9-17)20-14-16-5-7-21-14/h2-3,5,7-8,11H,4,6,9H2,1H3. The van der Waals surface area contributed by atoms with Crippen molar-refractivity contribution in [1.29, 1.82) is 0 Å². The van der Waals surface area contributed by atoms with Gasteiger partial charge in [-0.3, -0.25) is 0 Å². The van der Waals surface area contributed by atoms with Crippen LogP contribution < -0.4 is 4.74 Å². The number of benzene rings is 1. The van der Waals surface area contributed by atoms with Crippen molar-refractivity contribution < 1.29 is 13.2 Å². The second-order valence-corrected chi connectivity index (χ2v) is 8.30. The largest absolute Gasteiger partial charge is 0.465 e. The highest BCUT2D eigenvalue weighted by atomic mass is 35.5. The SMILES string of the molecule is Cc1ccc(S(=O)(=O)N2CCC(Oc3nccs3)C2)cc1Cl. The lowest BCUT2D eigenvalue weighted by Gasteiger charge is -2.17. The zero-order chi connectivity index (χ0) is 15.7. The van der Waals surface area contributed by atoms with Gasteiger partial charge in [-0.15, -0.1) is 0 Å². The molecule has 0 radical (unpaired) electrons. The maximum Gasteiger partial charge on any atom is 0.273 e. The highest BCUT2D eigenvalue weighted by Gasteiger charge is 2.34. The molecule has 0 bridgehead atoms. The molecule has 1 saturated heterocycles. The van der Waals surface area contributed by atoms with Gasteiger partial charge in [0.1, 0.15) is 6.10 Å². The number of ether oxygens (including phenoxy) is 1. The Bertz CT molecular complexity index is 762. The molecule has 5 nitrogen and oxygen atoms in total. The van der Waals surface area contributed by atoms with Crippen molar-refractivity contribution in [2.24, 2.45) is 0 Å². The van der Waals surface area contributed by atoms with Crippen LogP contribution in [-0.4, -0.2) is 36.9 Å². The second kappa shape index (κ2) is 6.16. The van der Waals surface area contributed by atoms with Gasteiger partial charge in [0.15, 0.2) is 0 Å². The molecule has 0 aliphatic carbocycles. The maximum atomic E-state index is 12.6. The van der Waals surface area contributed by atoms with E-state index in [0.29, 0.717) is 29.7 Å². The minimum Gasteiger partial charge on any atom is -0.465 e. The van der Waals surface area contributed by atoms with E-state index >= 15 is 0 Å². The van der Waals surface area contributed by atoms with E-state index < -0.39 is 10.0 Å². The van der Waals surface area contributed by atoms with Crippen LogP contribution in [-0.2, 0) is 10.0 Å². The summed E-state index contributed by atoms with van der Waals surface area (Å²) in [5, 5.41) is 2.85. The van der Waals surface area contributed by atoms with Gasteiger partial charge in [0.2, 0.25) is 10.0 Å². The number of aromatic nitrogens is 1. The number of halogens is 1. The van der Waals surface area contributed by atoms with Gasteiger partial charge in [-0.2, -0.15) is 4.31 Å². The van der Waals surface area contributed by atoms with E-state index in [0.717, 1.165) is 5.56 Å². The lowest BCUT2D eigenvalue weighted by atomic mass is 10.2. The normalized spacial score (nSPS) is 19.5. The second-order valence-electron chi connectivity index (χ2n) is 5.10. The van der Waals surface area contributed by atoms with Crippen LogP contribution in [0.15, 0.2) is 34.7 Å². The van der Waals surface area contributed by atoms with E-state index in [-0.39, 0.29) is 11.0 Å². The molecule has 0 spiro atoms. The van der Waals surface area contributed by atoms with Crippen LogP contribution in [0, 0.1) is 6.92 Å². The Hall–Kier alpha value is -1.15. The molecule has 1 aliphatic heterocycles. The van der Waals surface area contributed by atoms with Crippen molar-refractivity contribution >= 4 is 33.0 Å². The first kappa shape index (κ1) is 15.7. The first-order chi connectivity index (χ1) is 10.5. The number of nitrogens with zero attached hydrogens (tertiary/aromatic N) is 2. The number of hydrogen-bond acceptors (Lipinski definition) is 5. The Labute approximate surface area is 138 Å². The summed E-state index contributed by atoms with van der Waals surface area (Å²) in [6.45, 7) is 2.60. The van der Waals surface area contributed by atoms with Gasteiger partial charge < -0.3 is 4.74 Å². The van der Waals surface area contributed by atoms with Gasteiger partial charge in [0, 0.05) is 23.1 Å². The van der Waals surface area contributed by atoms with Gasteiger partial charge in [-0.25, -0.2) is 13.4 Å². The average molecular weight is 359 g/mol. The molecular formula is C14H15ClN2O3S2. The summed E-state index contributed by atoms with van der Waals surface area (Å²) >= 11 is 7.44. The third-order valence-corrected chi connectivity index (χ3v) is 6.50. The third kappa shape index (κ3) is 3.12. The number of aryl methyl sites for hydroxylation is 1. The number of sulfonamides is 1. The molecule has 1 fully saturated rings. The van der Waals surface area contributed by atoms with E-state index in [2.05, 4.69) is 4.98 Å². The molecule has 0 amide bonds. The van der Waals surface area contributed by atoms with E-state index in [9.17, 15) is 8.42 Å². The highest BCUT2D eigenvalue weighted by Crippen LogP contribution is 2.27. The van der Waals surface area contributed by atoms with Crippen molar-refractivity contribution in [3.8, 4) is 5.19 Å². The smallest absolute Gasteiger partial charge is 0.273 e. The van der Waals surface area contributed by atoms with Crippen LogP contribution in [0.25, 0.3) is 0 Å². The van der Waals surface area contributed by atoms with Crippen LogP contribution >= 0.6 is 22.9 Å². The quantitative estimate of drug-likeness (QED) is 0.843. The monoisotopic (exact) mass is 358 g/mol. The average Bonchev–Trinajstić information content (AvgIpc) is 3.14. The Morgan fingerprint density at radius 2 is 2.27 bits per heavy atom. The van der Waals surface area contributed by atoms with E-state index in [1.54, 1.807) is 18.3 Å².